The van der Waals surface area contributed by atoms with E-state index in [-0.39, 0.29) is 21.9 Å². The number of rotatable bonds is 10. The van der Waals surface area contributed by atoms with Gasteiger partial charge in [-0.3, -0.25) is 0 Å². The molecule has 0 radical (unpaired) electrons. The summed E-state index contributed by atoms with van der Waals surface area (Å²) >= 11 is 11.6. The van der Waals surface area contributed by atoms with Gasteiger partial charge in [-0.15, -0.1) is 0 Å². The van der Waals surface area contributed by atoms with Crippen LogP contribution in [-0.2, 0) is 0 Å². The summed E-state index contributed by atoms with van der Waals surface area (Å²) in [6.07, 6.45) is 9.20. The zero-order valence-electron chi connectivity index (χ0n) is 15.2. The van der Waals surface area contributed by atoms with Crippen molar-refractivity contribution in [3.8, 4) is 0 Å². The van der Waals surface area contributed by atoms with Gasteiger partial charge < -0.3 is 5.32 Å². The highest BCUT2D eigenvalue weighted by Gasteiger charge is 2.23. The Morgan fingerprint density at radius 1 is 1.31 bits per heavy atom. The van der Waals surface area contributed by atoms with Crippen molar-refractivity contribution in [2.45, 2.75) is 39.0 Å². The van der Waals surface area contributed by atoms with E-state index < -0.39 is 11.6 Å². The summed E-state index contributed by atoms with van der Waals surface area (Å²) in [7, 11) is 0. The predicted molar refractivity (Wildman–Crippen MR) is 110 cm³/mol. The maximum absolute atomic E-state index is 14.1. The van der Waals surface area contributed by atoms with Crippen LogP contribution in [0.2, 0.25) is 5.02 Å². The normalized spacial score (nSPS) is 14.3. The lowest BCUT2D eigenvalue weighted by molar-refractivity contribution is 0.403. The molecule has 0 spiro atoms. The first-order valence-electron chi connectivity index (χ1n) is 8.59. The van der Waals surface area contributed by atoms with Gasteiger partial charge in [0.05, 0.1) is 10.1 Å². The number of halogens is 4. The first-order valence-corrected chi connectivity index (χ1v) is 9.34. The molecule has 142 valence electrons. The van der Waals surface area contributed by atoms with Crippen LogP contribution in [0, 0.1) is 11.7 Å². The Bertz CT molecular complexity index is 695. The molecule has 1 nitrogen and oxygen atoms in total. The van der Waals surface area contributed by atoms with Crippen LogP contribution in [0.5, 0.6) is 0 Å². The van der Waals surface area contributed by atoms with E-state index in [1.54, 1.807) is 18.3 Å². The number of allylic oxidation sites excluding steroid dienone is 5. The minimum atomic E-state index is -0.661. The first-order chi connectivity index (χ1) is 12.3. The largest absolute Gasteiger partial charge is 0.362 e. The van der Waals surface area contributed by atoms with Crippen molar-refractivity contribution in [2.24, 2.45) is 5.92 Å². The van der Waals surface area contributed by atoms with E-state index in [0.717, 1.165) is 30.5 Å². The minimum Gasteiger partial charge on any atom is -0.362 e. The first kappa shape index (κ1) is 22.5. The predicted octanol–water partition coefficient (Wildman–Crippen LogP) is 8.11. The molecule has 0 heterocycles. The second kappa shape index (κ2) is 11.2. The summed E-state index contributed by atoms with van der Waals surface area (Å²) in [6.45, 7) is 11.0. The zero-order chi connectivity index (χ0) is 19.7. The molecule has 0 aromatic heterocycles. The van der Waals surface area contributed by atoms with Crippen molar-refractivity contribution in [2.75, 3.05) is 5.32 Å². The van der Waals surface area contributed by atoms with Crippen LogP contribution in [0.3, 0.4) is 0 Å². The van der Waals surface area contributed by atoms with E-state index in [9.17, 15) is 8.78 Å². The fraction of sp³-hybridized carbons (Fsp3) is 0.333. The Balaban J connectivity index is 3.09. The quantitative estimate of drug-likeness (QED) is 0.391. The Morgan fingerprint density at radius 3 is 2.54 bits per heavy atom. The summed E-state index contributed by atoms with van der Waals surface area (Å²) < 4.78 is 26.9. The third kappa shape index (κ3) is 6.30. The molecule has 0 saturated heterocycles. The van der Waals surface area contributed by atoms with E-state index in [2.05, 4.69) is 32.3 Å². The lowest BCUT2D eigenvalue weighted by atomic mass is 9.79. The summed E-state index contributed by atoms with van der Waals surface area (Å²) in [6, 6.07) is 3.09. The van der Waals surface area contributed by atoms with Crippen LogP contribution in [0.1, 0.15) is 44.6 Å². The maximum Gasteiger partial charge on any atom is 0.142 e. The van der Waals surface area contributed by atoms with Crippen LogP contribution < -0.4 is 5.32 Å². The second-order valence-corrected chi connectivity index (χ2v) is 6.78. The molecule has 2 atom stereocenters. The number of hydrogen-bond donors (Lipinski definition) is 1. The molecule has 5 heteroatoms. The van der Waals surface area contributed by atoms with Crippen molar-refractivity contribution in [1.82, 2.24) is 0 Å². The molecule has 0 bridgehead atoms. The fourth-order valence-electron chi connectivity index (χ4n) is 3.02. The van der Waals surface area contributed by atoms with Crippen LogP contribution in [0.4, 0.5) is 14.5 Å². The van der Waals surface area contributed by atoms with Gasteiger partial charge in [0, 0.05) is 5.69 Å². The summed E-state index contributed by atoms with van der Waals surface area (Å²) in [5, 5.41) is 3.11. The standard InChI is InChI=1S/C21H25Cl2F2N/c1-5-15(10-8-9-11-18(22)14(4)24)16(6-2)17-12-20(25)19(23)13-21(17)26-7-3/h7-9,11-13,15-16,26H,3-6,10H2,1-2H3/b9-8-,18-11+/t15-,16-/m1/s1. The summed E-state index contributed by atoms with van der Waals surface area (Å²) in [5.41, 5.74) is 1.64. The van der Waals surface area contributed by atoms with E-state index in [4.69, 9.17) is 23.2 Å². The second-order valence-electron chi connectivity index (χ2n) is 5.97. The van der Waals surface area contributed by atoms with E-state index in [1.165, 1.54) is 12.1 Å². The van der Waals surface area contributed by atoms with E-state index >= 15 is 0 Å². The average molecular weight is 400 g/mol. The van der Waals surface area contributed by atoms with Crippen LogP contribution >= 0.6 is 23.2 Å². The molecule has 1 aromatic carbocycles. The Kier molecular flexibility index (Phi) is 9.68. The molecule has 0 saturated carbocycles. The van der Waals surface area contributed by atoms with Gasteiger partial charge in [0.15, 0.2) is 0 Å². The average Bonchev–Trinajstić information content (AvgIpc) is 2.61. The SMILES string of the molecule is C=CNc1cc(Cl)c(F)cc1[C@H](CC)[C@H](CC)C/C=C\C=C(\Cl)C(=C)F. The molecule has 1 rings (SSSR count). The van der Waals surface area contributed by atoms with Crippen LogP contribution in [-0.4, -0.2) is 0 Å². The van der Waals surface area contributed by atoms with Crippen molar-refractivity contribution in [3.63, 3.8) is 0 Å². The smallest absolute Gasteiger partial charge is 0.142 e. The number of nitrogens with one attached hydrogen (secondary N) is 1. The molecular formula is C21H25Cl2F2N. The summed E-state index contributed by atoms with van der Waals surface area (Å²) in [4.78, 5) is 0. The highest BCUT2D eigenvalue weighted by Crippen LogP contribution is 2.39. The van der Waals surface area contributed by atoms with Gasteiger partial charge in [-0.1, -0.05) is 68.8 Å². The maximum atomic E-state index is 14.1. The molecule has 0 amide bonds. The van der Waals surface area contributed by atoms with E-state index in [1.807, 2.05) is 6.08 Å². The highest BCUT2D eigenvalue weighted by atomic mass is 35.5. The molecule has 0 unspecified atom stereocenters. The van der Waals surface area contributed by atoms with Crippen LogP contribution in [0.25, 0.3) is 0 Å². The topological polar surface area (TPSA) is 12.0 Å². The minimum absolute atomic E-state index is 0.0152. The van der Waals surface area contributed by atoms with Crippen molar-refractivity contribution >= 4 is 28.9 Å². The Hall–Kier alpha value is -1.58. The molecule has 1 aromatic rings. The van der Waals surface area contributed by atoms with Crippen LogP contribution in [0.15, 0.2) is 60.6 Å². The highest BCUT2D eigenvalue weighted by molar-refractivity contribution is 6.31. The van der Waals surface area contributed by atoms with E-state index in [0.29, 0.717) is 0 Å². The van der Waals surface area contributed by atoms with Gasteiger partial charge in [0.2, 0.25) is 0 Å². The molecule has 1 N–H and O–H groups in total. The third-order valence-corrected chi connectivity index (χ3v) is 4.98. The van der Waals surface area contributed by atoms with Gasteiger partial charge in [0.25, 0.3) is 0 Å². The lowest BCUT2D eigenvalue weighted by Crippen LogP contribution is -2.13. The van der Waals surface area contributed by atoms with Gasteiger partial charge in [-0.2, -0.15) is 0 Å². The summed E-state index contributed by atoms with van der Waals surface area (Å²) in [5.74, 6) is -0.680. The molecule has 0 fully saturated rings. The van der Waals surface area contributed by atoms with Crippen molar-refractivity contribution in [3.05, 3.63) is 77.0 Å². The zero-order valence-corrected chi connectivity index (χ0v) is 16.7. The molecular weight excluding hydrogens is 375 g/mol. The van der Waals surface area contributed by atoms with Crippen molar-refractivity contribution in [1.29, 1.82) is 0 Å². The molecule has 26 heavy (non-hydrogen) atoms. The van der Waals surface area contributed by atoms with Gasteiger partial charge >= 0.3 is 0 Å². The van der Waals surface area contributed by atoms with Gasteiger partial charge in [-0.25, -0.2) is 8.78 Å². The molecule has 0 aliphatic heterocycles. The lowest BCUT2D eigenvalue weighted by Gasteiger charge is -2.27. The third-order valence-electron chi connectivity index (χ3n) is 4.36. The number of anilines is 1. The van der Waals surface area contributed by atoms with Crippen molar-refractivity contribution < 1.29 is 8.78 Å². The molecule has 0 aliphatic carbocycles. The Morgan fingerprint density at radius 2 is 2.00 bits per heavy atom. The number of hydrogen-bond acceptors (Lipinski definition) is 1. The Labute approximate surface area is 165 Å². The van der Waals surface area contributed by atoms with Gasteiger partial charge in [-0.05, 0) is 54.6 Å². The monoisotopic (exact) mass is 399 g/mol. The molecule has 0 aliphatic rings. The number of benzene rings is 1. The van der Waals surface area contributed by atoms with Gasteiger partial charge in [0.1, 0.15) is 11.6 Å². The fourth-order valence-corrected chi connectivity index (χ4v) is 3.26.